The van der Waals surface area contributed by atoms with Crippen LogP contribution >= 0.6 is 0 Å². The van der Waals surface area contributed by atoms with Crippen molar-refractivity contribution in [3.63, 3.8) is 0 Å². The molecule has 21 heteroatoms. The summed E-state index contributed by atoms with van der Waals surface area (Å²) in [6.45, 7) is 26.0. The molecule has 2 aliphatic rings. The number of alkyl halides is 2. The maximum Gasteiger partial charge on any atom is 0.350 e. The van der Waals surface area contributed by atoms with E-state index in [1.54, 1.807) is 23.1 Å². The molecule has 3 atom stereocenters. The van der Waals surface area contributed by atoms with Crippen molar-refractivity contribution in [1.29, 1.82) is 0 Å². The number of amides is 1. The SMILES string of the molecule is CC(C)c1cc(-c2n[nH]c(=O)n2-c2ccc(CN3CCN(C(=O)CCOC(=O)Cc4ccn([C@@H]5O[C@H](CO[Si](C)(C)C(C)(C)C)[C@@H](O[Si](C)(C)C(C)(C)C)C5(F)F)c(=O)n4)CC3)cc2)c(O)cc1O. The molecular weight excluding hydrogens is 929 g/mol. The average Bonchev–Trinajstić information content (AvgIpc) is 3.74. The molecule has 0 unspecified atom stereocenters. The van der Waals surface area contributed by atoms with E-state index in [1.165, 1.54) is 16.7 Å². The zero-order valence-electron chi connectivity index (χ0n) is 41.9. The summed E-state index contributed by atoms with van der Waals surface area (Å²) in [4.78, 5) is 59.9. The van der Waals surface area contributed by atoms with Gasteiger partial charge in [-0.15, -0.1) is 0 Å². The molecule has 17 nitrogen and oxygen atoms in total. The Bertz CT molecular complexity index is 2600. The molecule has 2 fully saturated rings. The smallest absolute Gasteiger partial charge is 0.350 e. The van der Waals surface area contributed by atoms with E-state index in [4.69, 9.17) is 18.3 Å². The number of aromatic amines is 1. The molecule has 69 heavy (non-hydrogen) atoms. The fourth-order valence-corrected chi connectivity index (χ4v) is 10.0. The fraction of sp³-hybridized carbons (Fsp3) is 0.583. The average molecular weight is 998 g/mol. The molecule has 0 bridgehead atoms. The van der Waals surface area contributed by atoms with Gasteiger partial charge in [0.2, 0.25) is 12.1 Å². The topological polar surface area (TPSA) is 204 Å². The molecule has 2 aromatic carbocycles. The molecule has 0 aliphatic carbocycles. The number of piperazine rings is 1. The van der Waals surface area contributed by atoms with Crippen molar-refractivity contribution in [1.82, 2.24) is 34.1 Å². The van der Waals surface area contributed by atoms with Gasteiger partial charge < -0.3 is 33.4 Å². The summed E-state index contributed by atoms with van der Waals surface area (Å²) in [6, 6.07) is 11.5. The van der Waals surface area contributed by atoms with Gasteiger partial charge >= 0.3 is 23.3 Å². The van der Waals surface area contributed by atoms with Gasteiger partial charge in [-0.1, -0.05) is 67.5 Å². The van der Waals surface area contributed by atoms with Crippen LogP contribution in [0.2, 0.25) is 36.3 Å². The van der Waals surface area contributed by atoms with Crippen molar-refractivity contribution in [3.8, 4) is 28.6 Å². The van der Waals surface area contributed by atoms with Gasteiger partial charge in [-0.2, -0.15) is 18.9 Å². The van der Waals surface area contributed by atoms with E-state index < -0.39 is 64.8 Å². The first-order valence-electron chi connectivity index (χ1n) is 23.4. The zero-order chi connectivity index (χ0) is 51.0. The Morgan fingerprint density at radius 1 is 0.928 bits per heavy atom. The van der Waals surface area contributed by atoms with Gasteiger partial charge in [0.25, 0.3) is 0 Å². The summed E-state index contributed by atoms with van der Waals surface area (Å²) in [7, 11) is -5.13. The summed E-state index contributed by atoms with van der Waals surface area (Å²) in [5, 5.41) is 27.0. The van der Waals surface area contributed by atoms with E-state index >= 15 is 8.78 Å². The van der Waals surface area contributed by atoms with Gasteiger partial charge in [0, 0.05) is 45.0 Å². The maximum atomic E-state index is 16.5. The Labute approximate surface area is 404 Å². The van der Waals surface area contributed by atoms with Crippen molar-refractivity contribution in [3.05, 3.63) is 86.5 Å². The Morgan fingerprint density at radius 2 is 1.57 bits per heavy atom. The Balaban J connectivity index is 0.988. The van der Waals surface area contributed by atoms with E-state index in [0.29, 0.717) is 49.5 Å². The second-order valence-corrected chi connectivity index (χ2v) is 31.0. The van der Waals surface area contributed by atoms with E-state index in [1.807, 2.05) is 72.9 Å². The number of phenolic OH excluding ortho intramolecular Hbond substituents is 2. The molecule has 2 saturated heterocycles. The lowest BCUT2D eigenvalue weighted by molar-refractivity contribution is -0.145. The summed E-state index contributed by atoms with van der Waals surface area (Å²) in [5.41, 5.74) is 0.917. The molecule has 0 radical (unpaired) electrons. The molecule has 0 spiro atoms. The number of nitrogens with one attached hydrogen (secondary N) is 1. The van der Waals surface area contributed by atoms with Crippen molar-refractivity contribution in [2.45, 2.75) is 141 Å². The third-order valence-electron chi connectivity index (χ3n) is 14.0. The van der Waals surface area contributed by atoms with Crippen LogP contribution in [0.25, 0.3) is 17.1 Å². The van der Waals surface area contributed by atoms with Crippen LogP contribution in [0.5, 0.6) is 11.5 Å². The Hall–Kier alpha value is -5.07. The predicted octanol–water partition coefficient (Wildman–Crippen LogP) is 7.08. The van der Waals surface area contributed by atoms with Gasteiger partial charge in [0.05, 0.1) is 36.4 Å². The molecule has 2 aromatic heterocycles. The number of phenols is 2. The quantitative estimate of drug-likeness (QED) is 0.0760. The number of ether oxygens (including phenoxy) is 2. The third-order valence-corrected chi connectivity index (χ3v) is 23.0. The van der Waals surface area contributed by atoms with Crippen LogP contribution in [0.1, 0.15) is 90.8 Å². The van der Waals surface area contributed by atoms with Gasteiger partial charge in [-0.25, -0.2) is 19.3 Å². The normalized spacial score (nSPS) is 19.3. The predicted molar refractivity (Wildman–Crippen MR) is 261 cm³/mol. The van der Waals surface area contributed by atoms with E-state index in [2.05, 4.69) is 40.9 Å². The number of rotatable bonds is 16. The van der Waals surface area contributed by atoms with Gasteiger partial charge in [-0.05, 0) is 77.6 Å². The minimum Gasteiger partial charge on any atom is -0.508 e. The largest absolute Gasteiger partial charge is 0.508 e. The third kappa shape index (κ3) is 11.9. The monoisotopic (exact) mass is 997 g/mol. The van der Waals surface area contributed by atoms with Crippen LogP contribution in [0, 0.1) is 0 Å². The van der Waals surface area contributed by atoms with Crippen LogP contribution < -0.4 is 11.4 Å². The van der Waals surface area contributed by atoms with Crippen LogP contribution in [-0.4, -0.2) is 130 Å². The number of halogens is 2. The lowest BCUT2D eigenvalue weighted by Gasteiger charge is -2.41. The van der Waals surface area contributed by atoms with E-state index in [9.17, 15) is 29.4 Å². The van der Waals surface area contributed by atoms with Crippen LogP contribution in [0.3, 0.4) is 0 Å². The highest BCUT2D eigenvalue weighted by molar-refractivity contribution is 6.74. The van der Waals surface area contributed by atoms with Crippen molar-refractivity contribution >= 4 is 28.5 Å². The number of esters is 1. The maximum absolute atomic E-state index is 16.5. The van der Waals surface area contributed by atoms with E-state index in [-0.39, 0.29) is 64.6 Å². The standard InChI is InChI=1S/C48H69F2N7O10Si2/c1-30(2)34-26-35(37(59)27-36(34)58)42-52-53-45(63)57(42)33-15-13-31(14-16-33)28-54-20-22-55(23-21-54)39(60)18-24-64-40(61)25-32-17-19-56(44(62)51-32)43-48(49,50)41(67-69(11,12)47(6,7)8)38(66-43)29-65-68(9,10)46(3,4)5/h13-17,19,26-27,30,38,41,43,58-59H,18,20-25,28-29H2,1-12H3,(H,53,63)/t38-,41-,43-/m1/s1. The number of carbonyl (C=O) groups is 2. The van der Waals surface area contributed by atoms with Crippen molar-refractivity contribution in [2.75, 3.05) is 39.4 Å². The van der Waals surface area contributed by atoms with Gasteiger partial charge in [-0.3, -0.25) is 19.1 Å². The lowest BCUT2D eigenvalue weighted by atomic mass is 9.98. The Morgan fingerprint density at radius 3 is 2.16 bits per heavy atom. The molecule has 0 saturated carbocycles. The number of benzene rings is 2. The number of hydrogen-bond donors (Lipinski definition) is 3. The number of nitrogens with zero attached hydrogens (tertiary/aromatic N) is 6. The molecule has 1 amide bonds. The zero-order valence-corrected chi connectivity index (χ0v) is 43.9. The van der Waals surface area contributed by atoms with Gasteiger partial charge in [0.1, 0.15) is 30.3 Å². The number of carbonyl (C=O) groups excluding carboxylic acids is 2. The second-order valence-electron chi connectivity index (χ2n) is 21.4. The molecule has 378 valence electrons. The number of aromatic nitrogens is 5. The molecular formula is C48H69F2N7O10Si2. The first-order valence-corrected chi connectivity index (χ1v) is 29.2. The van der Waals surface area contributed by atoms with E-state index in [0.717, 1.165) is 16.3 Å². The van der Waals surface area contributed by atoms with Crippen LogP contribution in [0.4, 0.5) is 8.78 Å². The number of hydrogen-bond acceptors (Lipinski definition) is 13. The number of aromatic hydroxyl groups is 2. The summed E-state index contributed by atoms with van der Waals surface area (Å²) < 4.78 is 59.0. The minimum absolute atomic E-state index is 0.0150. The highest BCUT2D eigenvalue weighted by atomic mass is 28.4. The molecule has 4 aromatic rings. The van der Waals surface area contributed by atoms with Crippen LogP contribution in [-0.2, 0) is 40.9 Å². The van der Waals surface area contributed by atoms with Crippen molar-refractivity contribution in [2.24, 2.45) is 0 Å². The second kappa shape index (κ2) is 20.3. The van der Waals surface area contributed by atoms with Crippen molar-refractivity contribution < 1.29 is 46.9 Å². The number of H-pyrrole nitrogens is 1. The fourth-order valence-electron chi connectivity index (χ4n) is 7.70. The molecule has 2 aliphatic heterocycles. The highest BCUT2D eigenvalue weighted by Crippen LogP contribution is 2.49. The first-order chi connectivity index (χ1) is 32.0. The molecule has 6 rings (SSSR count). The minimum atomic E-state index is -3.63. The summed E-state index contributed by atoms with van der Waals surface area (Å²) in [6.07, 6.45) is -4.19. The summed E-state index contributed by atoms with van der Waals surface area (Å²) >= 11 is 0. The van der Waals surface area contributed by atoms with Gasteiger partial charge in [0.15, 0.2) is 22.5 Å². The molecule has 4 heterocycles. The highest BCUT2D eigenvalue weighted by Gasteiger charge is 2.63. The Kier molecular flexibility index (Phi) is 15.7. The molecule has 3 N–H and O–H groups in total. The van der Waals surface area contributed by atoms with Crippen LogP contribution in [0.15, 0.2) is 58.3 Å². The summed E-state index contributed by atoms with van der Waals surface area (Å²) in [5.74, 6) is -4.64. The lowest BCUT2D eigenvalue weighted by Crippen LogP contribution is -2.53. The first kappa shape index (κ1) is 53.3.